The molecule has 1 amide bonds. The lowest BCUT2D eigenvalue weighted by molar-refractivity contribution is -0.137. The van der Waals surface area contributed by atoms with Crippen LogP contribution in [0.15, 0.2) is 54.6 Å². The normalized spacial score (nSPS) is 11.5. The molecule has 2 rings (SSSR count). The summed E-state index contributed by atoms with van der Waals surface area (Å²) in [4.78, 5) is 15.7. The molecule has 2 aromatic carbocycles. The van der Waals surface area contributed by atoms with Gasteiger partial charge in [0, 0.05) is 26.7 Å². The molecule has 146 valence electrons. The molecule has 0 heterocycles. The van der Waals surface area contributed by atoms with Gasteiger partial charge in [-0.3, -0.25) is 4.90 Å². The highest BCUT2D eigenvalue weighted by atomic mass is 19.4. The number of nitrogens with zero attached hydrogens (tertiary/aromatic N) is 2. The fourth-order valence-corrected chi connectivity index (χ4v) is 2.49. The SMILES string of the molecule is CCN(CCN(C)C(=O)Oc1cccc(C(F)(F)F)c1)Cc1ccccc1. The maximum absolute atomic E-state index is 12.7. The Morgan fingerprint density at radius 3 is 2.37 bits per heavy atom. The molecule has 0 spiro atoms. The second kappa shape index (κ2) is 9.41. The van der Waals surface area contributed by atoms with Gasteiger partial charge in [0.1, 0.15) is 5.75 Å². The van der Waals surface area contributed by atoms with Gasteiger partial charge in [0.05, 0.1) is 5.56 Å². The number of carbonyl (C=O) groups excluding carboxylic acids is 1. The Labute approximate surface area is 157 Å². The molecule has 0 atom stereocenters. The van der Waals surface area contributed by atoms with Crippen molar-refractivity contribution in [2.24, 2.45) is 0 Å². The number of amides is 1. The summed E-state index contributed by atoms with van der Waals surface area (Å²) in [6.07, 6.45) is -5.17. The monoisotopic (exact) mass is 380 g/mol. The first-order chi connectivity index (χ1) is 12.8. The Balaban J connectivity index is 1.88. The zero-order valence-corrected chi connectivity index (χ0v) is 15.4. The van der Waals surface area contributed by atoms with E-state index in [1.165, 1.54) is 22.6 Å². The van der Waals surface area contributed by atoms with E-state index >= 15 is 0 Å². The molecule has 0 aliphatic carbocycles. The molecule has 7 heteroatoms. The predicted octanol–water partition coefficient (Wildman–Crippen LogP) is 4.66. The summed E-state index contributed by atoms with van der Waals surface area (Å²) in [6.45, 7) is 4.63. The number of likely N-dealkylation sites (N-methyl/N-ethyl adjacent to an activating group) is 2. The van der Waals surface area contributed by atoms with Crippen molar-refractivity contribution in [3.63, 3.8) is 0 Å². The molecule has 0 N–H and O–H groups in total. The second-order valence-corrected chi connectivity index (χ2v) is 6.17. The van der Waals surface area contributed by atoms with Crippen LogP contribution >= 0.6 is 0 Å². The summed E-state index contributed by atoms with van der Waals surface area (Å²) in [5.41, 5.74) is 0.323. The number of benzene rings is 2. The molecule has 4 nitrogen and oxygen atoms in total. The Morgan fingerprint density at radius 2 is 1.74 bits per heavy atom. The molecule has 0 unspecified atom stereocenters. The molecule has 0 aliphatic rings. The fraction of sp³-hybridized carbons (Fsp3) is 0.350. The van der Waals surface area contributed by atoms with Crippen molar-refractivity contribution in [2.75, 3.05) is 26.7 Å². The molecule has 0 saturated heterocycles. The topological polar surface area (TPSA) is 32.8 Å². The van der Waals surface area contributed by atoms with Gasteiger partial charge in [-0.2, -0.15) is 13.2 Å². The van der Waals surface area contributed by atoms with Gasteiger partial charge in [-0.25, -0.2) is 4.79 Å². The number of rotatable bonds is 7. The smallest absolute Gasteiger partial charge is 0.410 e. The van der Waals surface area contributed by atoms with E-state index in [0.29, 0.717) is 13.1 Å². The number of hydrogen-bond acceptors (Lipinski definition) is 3. The quantitative estimate of drug-likeness (QED) is 0.701. The number of carbonyl (C=O) groups is 1. The van der Waals surface area contributed by atoms with Crippen LogP contribution in [0.25, 0.3) is 0 Å². The molecule has 0 saturated carbocycles. The van der Waals surface area contributed by atoms with Gasteiger partial charge in [0.25, 0.3) is 0 Å². The van der Waals surface area contributed by atoms with E-state index in [4.69, 9.17) is 4.74 Å². The lowest BCUT2D eigenvalue weighted by Crippen LogP contribution is -2.37. The average Bonchev–Trinajstić information content (AvgIpc) is 2.65. The minimum atomic E-state index is -4.48. The third-order valence-electron chi connectivity index (χ3n) is 4.13. The van der Waals surface area contributed by atoms with Crippen LogP contribution in [0.5, 0.6) is 5.75 Å². The van der Waals surface area contributed by atoms with E-state index in [1.54, 1.807) is 7.05 Å². The van der Waals surface area contributed by atoms with Gasteiger partial charge >= 0.3 is 12.3 Å². The van der Waals surface area contributed by atoms with Crippen molar-refractivity contribution in [1.29, 1.82) is 0 Å². The van der Waals surface area contributed by atoms with Crippen molar-refractivity contribution in [3.05, 3.63) is 65.7 Å². The van der Waals surface area contributed by atoms with E-state index in [2.05, 4.69) is 4.90 Å². The van der Waals surface area contributed by atoms with Crippen molar-refractivity contribution in [1.82, 2.24) is 9.80 Å². The Kier molecular flexibility index (Phi) is 7.24. The summed E-state index contributed by atoms with van der Waals surface area (Å²) in [7, 11) is 1.56. The van der Waals surface area contributed by atoms with Crippen LogP contribution in [0, 0.1) is 0 Å². The number of alkyl halides is 3. The molecule has 27 heavy (non-hydrogen) atoms. The molecule has 0 fully saturated rings. The first-order valence-corrected chi connectivity index (χ1v) is 8.66. The molecule has 2 aromatic rings. The van der Waals surface area contributed by atoms with E-state index in [9.17, 15) is 18.0 Å². The highest BCUT2D eigenvalue weighted by Crippen LogP contribution is 2.31. The minimum Gasteiger partial charge on any atom is -0.410 e. The number of hydrogen-bond donors (Lipinski definition) is 0. The van der Waals surface area contributed by atoms with Crippen molar-refractivity contribution < 1.29 is 22.7 Å². The van der Waals surface area contributed by atoms with Gasteiger partial charge in [-0.15, -0.1) is 0 Å². The first-order valence-electron chi connectivity index (χ1n) is 8.66. The minimum absolute atomic E-state index is 0.127. The largest absolute Gasteiger partial charge is 0.416 e. The third-order valence-corrected chi connectivity index (χ3v) is 4.13. The van der Waals surface area contributed by atoms with Crippen LogP contribution in [-0.2, 0) is 12.7 Å². The maximum atomic E-state index is 12.7. The standard InChI is InChI=1S/C20H23F3N2O2/c1-3-25(15-16-8-5-4-6-9-16)13-12-24(2)19(26)27-18-11-7-10-17(14-18)20(21,22)23/h4-11,14H,3,12-13,15H2,1-2H3. The van der Waals surface area contributed by atoms with E-state index in [0.717, 1.165) is 25.2 Å². The lowest BCUT2D eigenvalue weighted by Gasteiger charge is -2.24. The third kappa shape index (κ3) is 6.60. The van der Waals surface area contributed by atoms with Crippen LogP contribution < -0.4 is 4.74 Å². The highest BCUT2D eigenvalue weighted by molar-refractivity contribution is 5.70. The van der Waals surface area contributed by atoms with Crippen molar-refractivity contribution in [2.45, 2.75) is 19.6 Å². The lowest BCUT2D eigenvalue weighted by atomic mass is 10.2. The Bertz CT molecular complexity index is 736. The zero-order valence-electron chi connectivity index (χ0n) is 15.4. The molecule has 0 aliphatic heterocycles. The second-order valence-electron chi connectivity index (χ2n) is 6.17. The summed E-state index contributed by atoms with van der Waals surface area (Å²) in [5.74, 6) is -0.127. The van der Waals surface area contributed by atoms with Crippen LogP contribution in [-0.4, -0.2) is 42.6 Å². The number of halogens is 3. The number of ether oxygens (including phenoxy) is 1. The fourth-order valence-electron chi connectivity index (χ4n) is 2.49. The highest BCUT2D eigenvalue weighted by Gasteiger charge is 2.30. The van der Waals surface area contributed by atoms with E-state index in [1.807, 2.05) is 37.3 Å². The van der Waals surface area contributed by atoms with Gasteiger partial charge in [0.2, 0.25) is 0 Å². The van der Waals surface area contributed by atoms with E-state index < -0.39 is 17.8 Å². The van der Waals surface area contributed by atoms with Crippen molar-refractivity contribution in [3.8, 4) is 5.75 Å². The molecule has 0 aromatic heterocycles. The van der Waals surface area contributed by atoms with Crippen LogP contribution in [0.1, 0.15) is 18.1 Å². The summed E-state index contributed by atoms with van der Waals surface area (Å²) in [6, 6.07) is 14.3. The Morgan fingerprint density at radius 1 is 1.04 bits per heavy atom. The van der Waals surface area contributed by atoms with Gasteiger partial charge in [-0.05, 0) is 30.3 Å². The summed E-state index contributed by atoms with van der Waals surface area (Å²) >= 11 is 0. The first kappa shape index (κ1) is 20.8. The van der Waals surface area contributed by atoms with Crippen LogP contribution in [0.3, 0.4) is 0 Å². The predicted molar refractivity (Wildman–Crippen MR) is 97.5 cm³/mol. The molecule has 0 radical (unpaired) electrons. The van der Waals surface area contributed by atoms with E-state index in [-0.39, 0.29) is 5.75 Å². The maximum Gasteiger partial charge on any atom is 0.416 e. The van der Waals surface area contributed by atoms with Crippen LogP contribution in [0.2, 0.25) is 0 Å². The summed E-state index contributed by atoms with van der Waals surface area (Å²) < 4.78 is 43.3. The Hall–Kier alpha value is -2.54. The van der Waals surface area contributed by atoms with Crippen molar-refractivity contribution >= 4 is 6.09 Å². The zero-order chi connectivity index (χ0) is 19.9. The van der Waals surface area contributed by atoms with Crippen LogP contribution in [0.4, 0.5) is 18.0 Å². The molecule has 0 bridgehead atoms. The van der Waals surface area contributed by atoms with Gasteiger partial charge < -0.3 is 9.64 Å². The average molecular weight is 380 g/mol. The molecular weight excluding hydrogens is 357 g/mol. The van der Waals surface area contributed by atoms with Gasteiger partial charge in [0.15, 0.2) is 0 Å². The van der Waals surface area contributed by atoms with Gasteiger partial charge in [-0.1, -0.05) is 43.3 Å². The molecular formula is C20H23F3N2O2. The summed E-state index contributed by atoms with van der Waals surface area (Å²) in [5, 5.41) is 0.